The van der Waals surface area contributed by atoms with Crippen molar-refractivity contribution in [3.8, 4) is 11.3 Å². The number of nitrogens with one attached hydrogen (secondary N) is 1. The maximum atomic E-state index is 12.1. The number of imidazole rings is 1. The number of carbonyl (C=O) groups is 2. The highest BCUT2D eigenvalue weighted by molar-refractivity contribution is 6.08. The Hall–Kier alpha value is -4.20. The molecule has 0 spiro atoms. The summed E-state index contributed by atoms with van der Waals surface area (Å²) in [5.74, 6) is -0.113. The van der Waals surface area contributed by atoms with Gasteiger partial charge in [0.15, 0.2) is 0 Å². The second kappa shape index (κ2) is 8.50. The van der Waals surface area contributed by atoms with Crippen LogP contribution in [-0.4, -0.2) is 33.0 Å². The molecule has 4 aromatic rings. The van der Waals surface area contributed by atoms with Crippen molar-refractivity contribution in [1.29, 1.82) is 0 Å². The highest BCUT2D eigenvalue weighted by Gasteiger charge is 2.16. The summed E-state index contributed by atoms with van der Waals surface area (Å²) in [4.78, 5) is 33.0. The minimum Gasteiger partial charge on any atom is -0.462 e. The number of ether oxygens (including phenoxy) is 1. The molecular formula is C24H23N5O3. The van der Waals surface area contributed by atoms with Crippen LogP contribution < -0.4 is 11.1 Å². The molecule has 8 heteroatoms. The van der Waals surface area contributed by atoms with Gasteiger partial charge in [0.05, 0.1) is 40.8 Å². The molecule has 0 bridgehead atoms. The predicted molar refractivity (Wildman–Crippen MR) is 123 cm³/mol. The molecule has 0 aliphatic carbocycles. The number of hydrogen-bond acceptors (Lipinski definition) is 6. The van der Waals surface area contributed by atoms with Gasteiger partial charge in [-0.2, -0.15) is 0 Å². The summed E-state index contributed by atoms with van der Waals surface area (Å²) >= 11 is 0. The lowest BCUT2D eigenvalue weighted by molar-refractivity contribution is 0.0526. The average molecular weight is 429 g/mol. The number of nitrogens with zero attached hydrogens (tertiary/aromatic N) is 3. The van der Waals surface area contributed by atoms with Crippen LogP contribution in [0.25, 0.3) is 22.2 Å². The SMILES string of the molecule is CCOC(=O)c1cccc(Nc2c(C(N)=O)cnc3cc(-c4cnc(C)n4C)ccc23)c1. The molecule has 0 radical (unpaired) electrons. The summed E-state index contributed by atoms with van der Waals surface area (Å²) in [6.45, 7) is 3.98. The summed E-state index contributed by atoms with van der Waals surface area (Å²) < 4.78 is 7.07. The second-order valence-corrected chi connectivity index (χ2v) is 7.32. The van der Waals surface area contributed by atoms with E-state index in [9.17, 15) is 9.59 Å². The molecule has 0 saturated heterocycles. The van der Waals surface area contributed by atoms with Gasteiger partial charge in [0.1, 0.15) is 5.82 Å². The fourth-order valence-electron chi connectivity index (χ4n) is 3.53. The highest BCUT2D eigenvalue weighted by atomic mass is 16.5. The Morgan fingerprint density at radius 2 is 1.94 bits per heavy atom. The van der Waals surface area contributed by atoms with Crippen molar-refractivity contribution in [3.63, 3.8) is 0 Å². The quantitative estimate of drug-likeness (QED) is 0.449. The van der Waals surface area contributed by atoms with E-state index in [-0.39, 0.29) is 12.2 Å². The normalized spacial score (nSPS) is 10.8. The highest BCUT2D eigenvalue weighted by Crippen LogP contribution is 2.32. The first kappa shape index (κ1) is 21.0. The summed E-state index contributed by atoms with van der Waals surface area (Å²) in [7, 11) is 1.95. The molecule has 0 saturated carbocycles. The molecule has 2 aromatic carbocycles. The molecular weight excluding hydrogens is 406 g/mol. The van der Waals surface area contributed by atoms with Gasteiger partial charge >= 0.3 is 5.97 Å². The molecule has 2 aromatic heterocycles. The Balaban J connectivity index is 1.80. The lowest BCUT2D eigenvalue weighted by atomic mass is 10.0. The van der Waals surface area contributed by atoms with E-state index in [1.54, 1.807) is 31.2 Å². The largest absolute Gasteiger partial charge is 0.462 e. The first-order chi connectivity index (χ1) is 15.4. The van der Waals surface area contributed by atoms with E-state index in [2.05, 4.69) is 15.3 Å². The number of aromatic nitrogens is 3. The van der Waals surface area contributed by atoms with Crippen molar-refractivity contribution < 1.29 is 14.3 Å². The number of anilines is 2. The van der Waals surface area contributed by atoms with Gasteiger partial charge in [-0.05, 0) is 38.1 Å². The van der Waals surface area contributed by atoms with Gasteiger partial charge in [-0.15, -0.1) is 0 Å². The molecule has 0 aliphatic rings. The van der Waals surface area contributed by atoms with Gasteiger partial charge in [0, 0.05) is 29.9 Å². The zero-order valence-corrected chi connectivity index (χ0v) is 18.0. The number of amides is 1. The van der Waals surface area contributed by atoms with Gasteiger partial charge < -0.3 is 20.4 Å². The van der Waals surface area contributed by atoms with Crippen LogP contribution in [0.4, 0.5) is 11.4 Å². The number of primary amides is 1. The van der Waals surface area contributed by atoms with Crippen molar-refractivity contribution in [1.82, 2.24) is 14.5 Å². The van der Waals surface area contributed by atoms with Crippen molar-refractivity contribution in [2.24, 2.45) is 12.8 Å². The van der Waals surface area contributed by atoms with Crippen molar-refractivity contribution >= 4 is 34.2 Å². The fraction of sp³-hybridized carbons (Fsp3) is 0.167. The molecule has 4 rings (SSSR count). The van der Waals surface area contributed by atoms with E-state index < -0.39 is 11.9 Å². The van der Waals surface area contributed by atoms with Crippen molar-refractivity contribution in [2.75, 3.05) is 11.9 Å². The molecule has 32 heavy (non-hydrogen) atoms. The summed E-state index contributed by atoms with van der Waals surface area (Å²) in [5.41, 5.74) is 10.0. The third-order valence-corrected chi connectivity index (χ3v) is 5.29. The molecule has 1 amide bonds. The van der Waals surface area contributed by atoms with E-state index >= 15 is 0 Å². The molecule has 2 heterocycles. The third-order valence-electron chi connectivity index (χ3n) is 5.29. The number of hydrogen-bond donors (Lipinski definition) is 2. The Morgan fingerprint density at radius 3 is 2.62 bits per heavy atom. The molecule has 0 fully saturated rings. The molecule has 3 N–H and O–H groups in total. The Bertz CT molecular complexity index is 1340. The molecule has 0 atom stereocenters. The summed E-state index contributed by atoms with van der Waals surface area (Å²) in [5, 5.41) is 3.97. The molecule has 0 aliphatic heterocycles. The van der Waals surface area contributed by atoms with Gasteiger partial charge in [-0.1, -0.05) is 18.2 Å². The van der Waals surface area contributed by atoms with Crippen LogP contribution in [0.3, 0.4) is 0 Å². The van der Waals surface area contributed by atoms with E-state index in [0.29, 0.717) is 22.5 Å². The zero-order valence-electron chi connectivity index (χ0n) is 18.0. The van der Waals surface area contributed by atoms with Crippen molar-refractivity contribution in [2.45, 2.75) is 13.8 Å². The zero-order chi connectivity index (χ0) is 22.8. The number of nitrogens with two attached hydrogens (primary N) is 1. The van der Waals surface area contributed by atoms with Crippen LogP contribution in [0.2, 0.25) is 0 Å². The van der Waals surface area contributed by atoms with E-state index in [0.717, 1.165) is 22.5 Å². The predicted octanol–water partition coefficient (Wildman–Crippen LogP) is 3.96. The maximum absolute atomic E-state index is 12.1. The van der Waals surface area contributed by atoms with Crippen molar-refractivity contribution in [3.05, 3.63) is 71.8 Å². The first-order valence-electron chi connectivity index (χ1n) is 10.1. The number of aryl methyl sites for hydroxylation is 1. The fourth-order valence-corrected chi connectivity index (χ4v) is 3.53. The molecule has 0 unspecified atom stereocenters. The van der Waals surface area contributed by atoms with Crippen LogP contribution in [0.1, 0.15) is 33.5 Å². The number of esters is 1. The lowest BCUT2D eigenvalue weighted by Gasteiger charge is -2.15. The number of rotatable bonds is 6. The van der Waals surface area contributed by atoms with Gasteiger partial charge in [-0.3, -0.25) is 9.78 Å². The van der Waals surface area contributed by atoms with Crippen LogP contribution >= 0.6 is 0 Å². The summed E-state index contributed by atoms with van der Waals surface area (Å²) in [6.07, 6.45) is 3.27. The number of benzene rings is 2. The van der Waals surface area contributed by atoms with Crippen LogP contribution in [0, 0.1) is 6.92 Å². The van der Waals surface area contributed by atoms with Gasteiger partial charge in [0.2, 0.25) is 0 Å². The Kier molecular flexibility index (Phi) is 5.59. The van der Waals surface area contributed by atoms with Crippen LogP contribution in [0.15, 0.2) is 54.9 Å². The van der Waals surface area contributed by atoms with E-state index in [4.69, 9.17) is 10.5 Å². The number of fused-ring (bicyclic) bond motifs is 1. The Morgan fingerprint density at radius 1 is 1.12 bits per heavy atom. The topological polar surface area (TPSA) is 112 Å². The monoisotopic (exact) mass is 429 g/mol. The average Bonchev–Trinajstić information content (AvgIpc) is 3.12. The minimum absolute atomic E-state index is 0.253. The smallest absolute Gasteiger partial charge is 0.338 e. The molecule has 8 nitrogen and oxygen atoms in total. The lowest BCUT2D eigenvalue weighted by Crippen LogP contribution is -2.14. The second-order valence-electron chi connectivity index (χ2n) is 7.32. The first-order valence-corrected chi connectivity index (χ1v) is 10.1. The van der Waals surface area contributed by atoms with Gasteiger partial charge in [-0.25, -0.2) is 9.78 Å². The number of carbonyl (C=O) groups excluding carboxylic acids is 2. The third kappa shape index (κ3) is 3.90. The number of pyridine rings is 1. The summed E-state index contributed by atoms with van der Waals surface area (Å²) in [6, 6.07) is 12.7. The van der Waals surface area contributed by atoms with E-state index in [1.165, 1.54) is 6.20 Å². The van der Waals surface area contributed by atoms with Crippen LogP contribution in [-0.2, 0) is 11.8 Å². The van der Waals surface area contributed by atoms with Gasteiger partial charge in [0.25, 0.3) is 5.91 Å². The minimum atomic E-state index is -0.602. The standard InChI is InChI=1S/C24H23N5O3/c1-4-32-24(31)16-6-5-7-17(10-16)28-22-18-9-8-15(21-13-26-14(2)29(21)3)11-20(18)27-12-19(22)23(25)30/h5-13H,4H2,1-3H3,(H2,25,30)(H,27,28). The maximum Gasteiger partial charge on any atom is 0.338 e. The van der Waals surface area contributed by atoms with E-state index in [1.807, 2.05) is 42.9 Å². The Labute approximate surface area is 185 Å². The van der Waals surface area contributed by atoms with Crippen LogP contribution in [0.5, 0.6) is 0 Å². The molecule has 162 valence electrons.